The van der Waals surface area contributed by atoms with E-state index in [1.165, 1.54) is 20.0 Å². The zero-order chi connectivity index (χ0) is 20.6. The van der Waals surface area contributed by atoms with Crippen LogP contribution in [0.1, 0.15) is 24.4 Å². The van der Waals surface area contributed by atoms with Gasteiger partial charge in [0.15, 0.2) is 5.69 Å². The minimum Gasteiger partial charge on any atom is -0.497 e. The zero-order valence-electron chi connectivity index (χ0n) is 15.1. The number of ether oxygens (including phenoxy) is 1. The maximum absolute atomic E-state index is 13.0. The van der Waals surface area contributed by atoms with E-state index >= 15 is 0 Å². The number of halogens is 4. The number of alkyl halides is 3. The van der Waals surface area contributed by atoms with Gasteiger partial charge >= 0.3 is 6.18 Å². The van der Waals surface area contributed by atoms with Crippen LogP contribution in [0.25, 0.3) is 10.9 Å². The normalized spacial score (nSPS) is 12.8. The predicted octanol–water partition coefficient (Wildman–Crippen LogP) is 4.62. The topological polar surface area (TPSA) is 69.0 Å². The molecule has 0 bridgehead atoms. The fourth-order valence-electron chi connectivity index (χ4n) is 2.71. The summed E-state index contributed by atoms with van der Waals surface area (Å²) < 4.78 is 45.0. The van der Waals surface area contributed by atoms with E-state index in [9.17, 15) is 18.0 Å². The summed E-state index contributed by atoms with van der Waals surface area (Å²) in [5, 5.41) is 6.37. The molecule has 10 heteroatoms. The molecule has 0 aliphatic carbocycles. The number of hydrogen-bond donors (Lipinski definition) is 1. The van der Waals surface area contributed by atoms with Gasteiger partial charge in [-0.15, -0.1) is 0 Å². The Morgan fingerprint density at radius 2 is 2.04 bits per heavy atom. The third-order valence-corrected chi connectivity index (χ3v) is 4.70. The van der Waals surface area contributed by atoms with Crippen LogP contribution in [-0.4, -0.2) is 27.8 Å². The Kier molecular flexibility index (Phi) is 5.20. The first-order chi connectivity index (χ1) is 13.1. The lowest BCUT2D eigenvalue weighted by Gasteiger charge is -2.15. The quantitative estimate of drug-likeness (QED) is 0.679. The number of aromatic nitrogens is 3. The summed E-state index contributed by atoms with van der Waals surface area (Å²) in [6.45, 7) is 2.81. The SMILES string of the molecule is COc1ccc2cc(NC(=O)C(C)n3nc(C(F)(F)F)c(Cl)c3C)cnc2c1. The molecule has 0 spiro atoms. The third kappa shape index (κ3) is 3.75. The Morgan fingerprint density at radius 3 is 2.64 bits per heavy atom. The predicted molar refractivity (Wildman–Crippen MR) is 98.6 cm³/mol. The average Bonchev–Trinajstić information content (AvgIpc) is 2.96. The van der Waals surface area contributed by atoms with Gasteiger partial charge in [0.1, 0.15) is 11.8 Å². The largest absolute Gasteiger partial charge is 0.497 e. The third-order valence-electron chi connectivity index (χ3n) is 4.25. The van der Waals surface area contributed by atoms with Crippen LogP contribution in [-0.2, 0) is 11.0 Å². The van der Waals surface area contributed by atoms with Gasteiger partial charge in [0, 0.05) is 11.5 Å². The van der Waals surface area contributed by atoms with Crippen LogP contribution in [0.4, 0.5) is 18.9 Å². The molecule has 28 heavy (non-hydrogen) atoms. The first kappa shape index (κ1) is 19.9. The summed E-state index contributed by atoms with van der Waals surface area (Å²) in [5.74, 6) is 0.0996. The van der Waals surface area contributed by atoms with E-state index in [0.717, 1.165) is 10.1 Å². The molecule has 0 saturated heterocycles. The van der Waals surface area contributed by atoms with Crippen molar-refractivity contribution in [2.24, 2.45) is 0 Å². The summed E-state index contributed by atoms with van der Waals surface area (Å²) in [5.41, 5.74) is -0.0793. The Balaban J connectivity index is 1.84. The molecule has 1 amide bonds. The minimum atomic E-state index is -4.70. The summed E-state index contributed by atoms with van der Waals surface area (Å²) in [4.78, 5) is 16.8. The maximum atomic E-state index is 13.0. The van der Waals surface area contributed by atoms with Gasteiger partial charge in [-0.05, 0) is 32.0 Å². The standard InChI is InChI=1S/C18H16ClF3N4O2/c1-9-15(19)16(18(20,21)22)25-26(9)10(2)17(27)24-12-6-11-4-5-13(28-3)7-14(11)23-8-12/h4-8,10H,1-3H3,(H,24,27). The van der Waals surface area contributed by atoms with Gasteiger partial charge in [-0.3, -0.25) is 14.5 Å². The van der Waals surface area contributed by atoms with Crippen LogP contribution in [0.3, 0.4) is 0 Å². The van der Waals surface area contributed by atoms with Gasteiger partial charge in [0.2, 0.25) is 5.91 Å². The molecule has 3 rings (SSSR count). The van der Waals surface area contributed by atoms with Crippen LogP contribution in [0, 0.1) is 6.92 Å². The van der Waals surface area contributed by atoms with E-state index in [-0.39, 0.29) is 5.69 Å². The molecule has 2 aromatic heterocycles. The molecular formula is C18H16ClF3N4O2. The molecule has 3 aromatic rings. The molecule has 6 nitrogen and oxygen atoms in total. The summed E-state index contributed by atoms with van der Waals surface area (Å²) in [6, 6.07) is 5.98. The molecule has 1 unspecified atom stereocenters. The van der Waals surface area contributed by atoms with Crippen molar-refractivity contribution in [2.75, 3.05) is 12.4 Å². The van der Waals surface area contributed by atoms with Gasteiger partial charge in [-0.1, -0.05) is 11.6 Å². The second kappa shape index (κ2) is 7.31. The molecule has 0 radical (unpaired) electrons. The lowest BCUT2D eigenvalue weighted by molar-refractivity contribution is -0.141. The number of methoxy groups -OCH3 is 1. The molecule has 0 fully saturated rings. The van der Waals surface area contributed by atoms with E-state index in [4.69, 9.17) is 16.3 Å². The number of carbonyl (C=O) groups excluding carboxylic acids is 1. The van der Waals surface area contributed by atoms with Crippen LogP contribution in [0.2, 0.25) is 5.02 Å². The summed E-state index contributed by atoms with van der Waals surface area (Å²) in [6.07, 6.45) is -3.25. The highest BCUT2D eigenvalue weighted by molar-refractivity contribution is 6.32. The highest BCUT2D eigenvalue weighted by Crippen LogP contribution is 2.36. The number of nitrogens with zero attached hydrogens (tertiary/aromatic N) is 3. The fraction of sp³-hybridized carbons (Fsp3) is 0.278. The number of anilines is 1. The van der Waals surface area contributed by atoms with Crippen molar-refractivity contribution in [1.82, 2.24) is 14.8 Å². The molecule has 1 N–H and O–H groups in total. The molecule has 1 aromatic carbocycles. The van der Waals surface area contributed by atoms with Crippen LogP contribution in [0.15, 0.2) is 30.5 Å². The van der Waals surface area contributed by atoms with Crippen molar-refractivity contribution in [1.29, 1.82) is 0 Å². The average molecular weight is 413 g/mol. The lowest BCUT2D eigenvalue weighted by Crippen LogP contribution is -2.25. The van der Waals surface area contributed by atoms with Crippen molar-refractivity contribution in [3.05, 3.63) is 46.9 Å². The van der Waals surface area contributed by atoms with Crippen molar-refractivity contribution in [3.63, 3.8) is 0 Å². The first-order valence-corrected chi connectivity index (χ1v) is 8.56. The second-order valence-electron chi connectivity index (χ2n) is 6.14. The number of fused-ring (bicyclic) bond motifs is 1. The second-order valence-corrected chi connectivity index (χ2v) is 6.52. The monoisotopic (exact) mass is 412 g/mol. The zero-order valence-corrected chi connectivity index (χ0v) is 15.9. The molecule has 0 aliphatic heterocycles. The van der Waals surface area contributed by atoms with Crippen molar-refractivity contribution in [2.45, 2.75) is 26.1 Å². The van der Waals surface area contributed by atoms with E-state index in [1.54, 1.807) is 31.4 Å². The lowest BCUT2D eigenvalue weighted by atomic mass is 10.2. The Labute approximate surface area is 163 Å². The minimum absolute atomic E-state index is 0.0559. The number of amides is 1. The number of benzene rings is 1. The molecule has 0 aliphatic rings. The number of rotatable bonds is 4. The smallest absolute Gasteiger partial charge is 0.436 e. The van der Waals surface area contributed by atoms with Crippen LogP contribution in [0.5, 0.6) is 5.75 Å². The summed E-state index contributed by atoms with van der Waals surface area (Å²) in [7, 11) is 1.55. The molecule has 2 heterocycles. The Hall–Kier alpha value is -2.81. The van der Waals surface area contributed by atoms with Crippen molar-refractivity contribution >= 4 is 34.1 Å². The maximum Gasteiger partial charge on any atom is 0.436 e. The fourth-order valence-corrected chi connectivity index (χ4v) is 2.94. The van der Waals surface area contributed by atoms with Crippen LogP contribution >= 0.6 is 11.6 Å². The number of pyridine rings is 1. The molecule has 148 valence electrons. The van der Waals surface area contributed by atoms with Gasteiger partial charge < -0.3 is 10.1 Å². The summed E-state index contributed by atoms with van der Waals surface area (Å²) >= 11 is 5.74. The highest BCUT2D eigenvalue weighted by Gasteiger charge is 2.39. The van der Waals surface area contributed by atoms with Gasteiger partial charge in [0.05, 0.1) is 35.2 Å². The number of carbonyl (C=O) groups is 1. The Morgan fingerprint density at radius 1 is 1.32 bits per heavy atom. The van der Waals surface area contributed by atoms with Gasteiger partial charge in [0.25, 0.3) is 0 Å². The van der Waals surface area contributed by atoms with Crippen LogP contribution < -0.4 is 10.1 Å². The van der Waals surface area contributed by atoms with E-state index in [2.05, 4.69) is 15.4 Å². The van der Waals surface area contributed by atoms with Crippen molar-refractivity contribution in [3.8, 4) is 5.75 Å². The molecule has 1 atom stereocenters. The van der Waals surface area contributed by atoms with E-state index < -0.39 is 28.8 Å². The number of hydrogen-bond acceptors (Lipinski definition) is 4. The van der Waals surface area contributed by atoms with Crippen molar-refractivity contribution < 1.29 is 22.7 Å². The first-order valence-electron chi connectivity index (χ1n) is 8.18. The van der Waals surface area contributed by atoms with E-state index in [1.807, 2.05) is 0 Å². The number of nitrogens with one attached hydrogen (secondary N) is 1. The molecule has 0 saturated carbocycles. The van der Waals surface area contributed by atoms with E-state index in [0.29, 0.717) is 17.0 Å². The Bertz CT molecular complexity index is 1050. The molecular weight excluding hydrogens is 397 g/mol. The van der Waals surface area contributed by atoms with Gasteiger partial charge in [-0.25, -0.2) is 0 Å². The van der Waals surface area contributed by atoms with Gasteiger partial charge in [-0.2, -0.15) is 18.3 Å². The highest BCUT2D eigenvalue weighted by atomic mass is 35.5.